The summed E-state index contributed by atoms with van der Waals surface area (Å²) >= 11 is 0. The fourth-order valence-corrected chi connectivity index (χ4v) is 2.94. The highest BCUT2D eigenvalue weighted by Crippen LogP contribution is 2.24. The summed E-state index contributed by atoms with van der Waals surface area (Å²) in [7, 11) is 0. The lowest BCUT2D eigenvalue weighted by Gasteiger charge is -2.26. The highest BCUT2D eigenvalue weighted by Gasteiger charge is 2.21. The van der Waals surface area contributed by atoms with Crippen LogP contribution >= 0.6 is 0 Å². The van der Waals surface area contributed by atoms with Gasteiger partial charge in [0.25, 0.3) is 0 Å². The number of rotatable bonds is 4. The number of aryl methyl sites for hydroxylation is 1. The minimum atomic E-state index is 0.0924. The lowest BCUT2D eigenvalue weighted by molar-refractivity contribution is -0.121. The Labute approximate surface area is 131 Å². The molecule has 0 radical (unpaired) electrons. The van der Waals surface area contributed by atoms with Gasteiger partial charge in [-0.25, -0.2) is 0 Å². The lowest BCUT2D eigenvalue weighted by atomic mass is 9.92. The maximum absolute atomic E-state index is 12.2. The molecule has 2 N–H and O–H groups in total. The fourth-order valence-electron chi connectivity index (χ4n) is 2.94. The van der Waals surface area contributed by atoms with Crippen LogP contribution in [0.15, 0.2) is 48.5 Å². The van der Waals surface area contributed by atoms with E-state index in [9.17, 15) is 4.79 Å². The average molecular weight is 294 g/mol. The second kappa shape index (κ2) is 6.75. The van der Waals surface area contributed by atoms with Crippen LogP contribution in [0.5, 0.6) is 0 Å². The molecule has 0 aromatic heterocycles. The molecular formula is C19H22N2O. The minimum absolute atomic E-state index is 0.0924. The zero-order valence-corrected chi connectivity index (χ0v) is 12.9. The molecule has 0 saturated carbocycles. The summed E-state index contributed by atoms with van der Waals surface area (Å²) in [6.45, 7) is 3.59. The molecule has 3 heteroatoms. The Kier molecular flexibility index (Phi) is 4.54. The monoisotopic (exact) mass is 294 g/mol. The van der Waals surface area contributed by atoms with Crippen LogP contribution in [0, 0.1) is 6.92 Å². The summed E-state index contributed by atoms with van der Waals surface area (Å²) in [6, 6.07) is 16.8. The Bertz CT molecular complexity index is 649. The van der Waals surface area contributed by atoms with Gasteiger partial charge in [0.1, 0.15) is 0 Å². The Hall–Kier alpha value is -2.13. The number of hydrogen-bond donors (Lipinski definition) is 2. The third kappa shape index (κ3) is 3.55. The predicted molar refractivity (Wildman–Crippen MR) is 88.5 cm³/mol. The first-order chi connectivity index (χ1) is 10.7. The molecule has 0 spiro atoms. The van der Waals surface area contributed by atoms with E-state index in [2.05, 4.69) is 60.0 Å². The SMILES string of the molecule is Cc1ccc(CNC(=O)CC2NCCc3ccccc32)cc1. The number of amides is 1. The summed E-state index contributed by atoms with van der Waals surface area (Å²) in [4.78, 5) is 12.2. The van der Waals surface area contributed by atoms with Gasteiger partial charge in [0.15, 0.2) is 0 Å². The Balaban J connectivity index is 1.57. The van der Waals surface area contributed by atoms with Crippen molar-refractivity contribution >= 4 is 5.91 Å². The van der Waals surface area contributed by atoms with Crippen molar-refractivity contribution in [2.24, 2.45) is 0 Å². The number of hydrogen-bond acceptors (Lipinski definition) is 2. The van der Waals surface area contributed by atoms with Crippen molar-refractivity contribution < 1.29 is 4.79 Å². The molecule has 1 unspecified atom stereocenters. The summed E-state index contributed by atoms with van der Waals surface area (Å²) in [6.07, 6.45) is 1.53. The van der Waals surface area contributed by atoms with Gasteiger partial charge in [-0.3, -0.25) is 4.79 Å². The van der Waals surface area contributed by atoms with E-state index in [0.29, 0.717) is 13.0 Å². The van der Waals surface area contributed by atoms with Crippen LogP contribution in [0.1, 0.15) is 34.7 Å². The lowest BCUT2D eigenvalue weighted by Crippen LogP contribution is -2.34. The van der Waals surface area contributed by atoms with Gasteiger partial charge in [-0.15, -0.1) is 0 Å². The smallest absolute Gasteiger partial charge is 0.222 e. The molecule has 114 valence electrons. The molecule has 1 heterocycles. The molecule has 1 aliphatic heterocycles. The van der Waals surface area contributed by atoms with E-state index in [1.54, 1.807) is 0 Å². The molecule has 22 heavy (non-hydrogen) atoms. The normalized spacial score (nSPS) is 16.9. The van der Waals surface area contributed by atoms with Gasteiger partial charge in [0.2, 0.25) is 5.91 Å². The molecular weight excluding hydrogens is 272 g/mol. The highest BCUT2D eigenvalue weighted by atomic mass is 16.1. The van der Waals surface area contributed by atoms with Crippen molar-refractivity contribution in [2.45, 2.75) is 32.4 Å². The zero-order chi connectivity index (χ0) is 15.4. The molecule has 1 atom stereocenters. The predicted octanol–water partition coefficient (Wildman–Crippen LogP) is 2.89. The topological polar surface area (TPSA) is 41.1 Å². The third-order valence-corrected chi connectivity index (χ3v) is 4.22. The zero-order valence-electron chi connectivity index (χ0n) is 12.9. The first-order valence-corrected chi connectivity index (χ1v) is 7.86. The molecule has 0 bridgehead atoms. The molecule has 0 fully saturated rings. The first-order valence-electron chi connectivity index (χ1n) is 7.86. The van der Waals surface area contributed by atoms with Crippen LogP contribution in [-0.4, -0.2) is 12.5 Å². The maximum Gasteiger partial charge on any atom is 0.222 e. The van der Waals surface area contributed by atoms with E-state index in [-0.39, 0.29) is 11.9 Å². The minimum Gasteiger partial charge on any atom is -0.352 e. The number of nitrogens with one attached hydrogen (secondary N) is 2. The van der Waals surface area contributed by atoms with Crippen molar-refractivity contribution in [2.75, 3.05) is 6.54 Å². The van der Waals surface area contributed by atoms with Gasteiger partial charge >= 0.3 is 0 Å². The summed E-state index contributed by atoms with van der Waals surface area (Å²) < 4.78 is 0. The van der Waals surface area contributed by atoms with Crippen molar-refractivity contribution in [3.05, 3.63) is 70.8 Å². The number of benzene rings is 2. The molecule has 2 aromatic carbocycles. The van der Waals surface area contributed by atoms with Gasteiger partial charge in [0, 0.05) is 19.0 Å². The van der Waals surface area contributed by atoms with E-state index in [1.165, 1.54) is 16.7 Å². The average Bonchev–Trinajstić information content (AvgIpc) is 2.55. The fraction of sp³-hybridized carbons (Fsp3) is 0.316. The maximum atomic E-state index is 12.2. The van der Waals surface area contributed by atoms with Crippen LogP contribution < -0.4 is 10.6 Å². The van der Waals surface area contributed by atoms with E-state index in [1.807, 2.05) is 6.07 Å². The quantitative estimate of drug-likeness (QED) is 0.910. The van der Waals surface area contributed by atoms with Crippen molar-refractivity contribution in [3.63, 3.8) is 0 Å². The summed E-state index contributed by atoms with van der Waals surface area (Å²) in [5.41, 5.74) is 4.99. The Morgan fingerprint density at radius 1 is 1.18 bits per heavy atom. The van der Waals surface area contributed by atoms with Crippen LogP contribution in [0.2, 0.25) is 0 Å². The summed E-state index contributed by atoms with van der Waals surface area (Å²) in [5, 5.41) is 6.47. The molecule has 1 aliphatic rings. The molecule has 3 nitrogen and oxygen atoms in total. The van der Waals surface area contributed by atoms with Crippen molar-refractivity contribution in [1.29, 1.82) is 0 Å². The third-order valence-electron chi connectivity index (χ3n) is 4.22. The second-order valence-electron chi connectivity index (χ2n) is 5.92. The molecule has 2 aromatic rings. The number of carbonyl (C=O) groups is 1. The van der Waals surface area contributed by atoms with E-state index in [4.69, 9.17) is 0 Å². The Morgan fingerprint density at radius 2 is 1.95 bits per heavy atom. The van der Waals surface area contributed by atoms with E-state index >= 15 is 0 Å². The van der Waals surface area contributed by atoms with E-state index in [0.717, 1.165) is 18.5 Å². The second-order valence-corrected chi connectivity index (χ2v) is 5.92. The number of fused-ring (bicyclic) bond motifs is 1. The largest absolute Gasteiger partial charge is 0.352 e. The van der Waals surface area contributed by atoms with Crippen LogP contribution in [0.3, 0.4) is 0 Å². The molecule has 1 amide bonds. The number of carbonyl (C=O) groups excluding carboxylic acids is 1. The van der Waals surface area contributed by atoms with Gasteiger partial charge < -0.3 is 10.6 Å². The van der Waals surface area contributed by atoms with Gasteiger partial charge in [0.05, 0.1) is 0 Å². The molecule has 3 rings (SSSR count). The highest BCUT2D eigenvalue weighted by molar-refractivity contribution is 5.77. The molecule has 0 saturated heterocycles. The summed E-state index contributed by atoms with van der Waals surface area (Å²) in [5.74, 6) is 0.0924. The molecule has 0 aliphatic carbocycles. The van der Waals surface area contributed by atoms with Crippen LogP contribution in [0.4, 0.5) is 0 Å². The van der Waals surface area contributed by atoms with E-state index < -0.39 is 0 Å². The standard InChI is InChI=1S/C19H22N2O/c1-14-6-8-15(9-7-14)13-21-19(22)12-18-17-5-3-2-4-16(17)10-11-20-18/h2-9,18,20H,10-13H2,1H3,(H,21,22). The van der Waals surface area contributed by atoms with Gasteiger partial charge in [-0.05, 0) is 36.6 Å². The van der Waals surface area contributed by atoms with Crippen LogP contribution in [0.25, 0.3) is 0 Å². The van der Waals surface area contributed by atoms with Gasteiger partial charge in [-0.2, -0.15) is 0 Å². The van der Waals surface area contributed by atoms with Gasteiger partial charge in [-0.1, -0.05) is 54.1 Å². The van der Waals surface area contributed by atoms with Crippen molar-refractivity contribution in [3.8, 4) is 0 Å². The van der Waals surface area contributed by atoms with Crippen molar-refractivity contribution in [1.82, 2.24) is 10.6 Å². The first kappa shape index (κ1) is 14.8. The Morgan fingerprint density at radius 3 is 2.77 bits per heavy atom. The van der Waals surface area contributed by atoms with Crippen LogP contribution in [-0.2, 0) is 17.8 Å².